The van der Waals surface area contributed by atoms with E-state index in [0.29, 0.717) is 12.2 Å². The summed E-state index contributed by atoms with van der Waals surface area (Å²) >= 11 is 1.61. The number of aryl methyl sites for hydroxylation is 1. The van der Waals surface area contributed by atoms with Gasteiger partial charge in [-0.2, -0.15) is 0 Å². The van der Waals surface area contributed by atoms with Gasteiger partial charge < -0.3 is 11.1 Å². The smallest absolute Gasteiger partial charge is 0.149 e. The average molecular weight is 220 g/mol. The van der Waals surface area contributed by atoms with Gasteiger partial charge in [0, 0.05) is 16.8 Å². The number of hydrogen-bond donors (Lipinski definition) is 2. The zero-order chi connectivity index (χ0) is 10.7. The topological polar surface area (TPSA) is 63.8 Å². The molecule has 0 amide bonds. The van der Waals surface area contributed by atoms with Gasteiger partial charge >= 0.3 is 0 Å². The van der Waals surface area contributed by atoms with Crippen molar-refractivity contribution < 1.29 is 0 Å². The van der Waals surface area contributed by atoms with Gasteiger partial charge in [-0.15, -0.1) is 11.3 Å². The number of anilines is 2. The van der Waals surface area contributed by atoms with E-state index in [1.807, 2.05) is 30.8 Å². The molecule has 15 heavy (non-hydrogen) atoms. The Hall–Kier alpha value is -1.62. The number of nitrogens with one attached hydrogen (secondary N) is 1. The van der Waals surface area contributed by atoms with Crippen LogP contribution in [0.1, 0.15) is 10.6 Å². The van der Waals surface area contributed by atoms with Crippen LogP contribution in [0.25, 0.3) is 0 Å². The summed E-state index contributed by atoms with van der Waals surface area (Å²) in [6, 6.07) is 3.75. The second-order valence-corrected chi connectivity index (χ2v) is 4.18. The number of rotatable bonds is 3. The minimum absolute atomic E-state index is 0.671. The minimum atomic E-state index is 0.671. The molecule has 5 heteroatoms. The first kappa shape index (κ1) is 9.92. The van der Waals surface area contributed by atoms with E-state index in [1.165, 1.54) is 0 Å². The van der Waals surface area contributed by atoms with Crippen LogP contribution in [0, 0.1) is 6.92 Å². The summed E-state index contributed by atoms with van der Waals surface area (Å²) in [5.41, 5.74) is 9.23. The molecule has 4 nitrogen and oxygen atoms in total. The first-order valence-electron chi connectivity index (χ1n) is 4.60. The fourth-order valence-electron chi connectivity index (χ4n) is 1.21. The number of nitrogens with zero attached hydrogens (tertiary/aromatic N) is 2. The number of nitrogens with two attached hydrogens (primary N) is 1. The molecule has 2 aromatic heterocycles. The quantitative estimate of drug-likeness (QED) is 0.830. The summed E-state index contributed by atoms with van der Waals surface area (Å²) in [4.78, 5) is 9.49. The van der Waals surface area contributed by atoms with Gasteiger partial charge in [0.1, 0.15) is 5.82 Å². The lowest BCUT2D eigenvalue weighted by Gasteiger charge is -2.07. The third-order valence-electron chi connectivity index (χ3n) is 1.98. The Morgan fingerprint density at radius 3 is 3.07 bits per heavy atom. The van der Waals surface area contributed by atoms with Crippen molar-refractivity contribution in [2.24, 2.45) is 0 Å². The van der Waals surface area contributed by atoms with E-state index in [2.05, 4.69) is 15.3 Å². The molecule has 0 aliphatic rings. The van der Waals surface area contributed by atoms with Gasteiger partial charge in [0.2, 0.25) is 0 Å². The maximum Gasteiger partial charge on any atom is 0.149 e. The molecule has 0 atom stereocenters. The molecule has 0 bridgehead atoms. The summed E-state index contributed by atoms with van der Waals surface area (Å²) in [6.45, 7) is 2.66. The number of nitrogen functional groups attached to an aromatic ring is 1. The summed E-state index contributed by atoms with van der Waals surface area (Å²) < 4.78 is 0. The molecule has 0 spiro atoms. The molecule has 2 heterocycles. The monoisotopic (exact) mass is 220 g/mol. The second kappa shape index (κ2) is 4.27. The Labute approximate surface area is 92.2 Å². The maximum atomic E-state index is 5.79. The van der Waals surface area contributed by atoms with E-state index in [9.17, 15) is 0 Å². The van der Waals surface area contributed by atoms with E-state index >= 15 is 0 Å². The highest BCUT2D eigenvalue weighted by atomic mass is 32.1. The van der Waals surface area contributed by atoms with Gasteiger partial charge in [0.05, 0.1) is 17.7 Å². The van der Waals surface area contributed by atoms with E-state index in [4.69, 9.17) is 5.73 Å². The molecule has 0 saturated carbocycles. The first-order chi connectivity index (χ1) is 7.25. The first-order valence-corrected chi connectivity index (χ1v) is 5.48. The van der Waals surface area contributed by atoms with Crippen molar-refractivity contribution in [3.8, 4) is 0 Å². The largest absolute Gasteiger partial charge is 0.396 e. The van der Waals surface area contributed by atoms with Crippen molar-refractivity contribution in [1.29, 1.82) is 0 Å². The number of hydrogen-bond acceptors (Lipinski definition) is 5. The van der Waals surface area contributed by atoms with Crippen LogP contribution in [0.5, 0.6) is 0 Å². The second-order valence-electron chi connectivity index (χ2n) is 3.21. The van der Waals surface area contributed by atoms with Crippen molar-refractivity contribution in [2.45, 2.75) is 13.5 Å². The maximum absolute atomic E-state index is 5.79. The van der Waals surface area contributed by atoms with E-state index in [0.717, 1.165) is 16.4 Å². The van der Waals surface area contributed by atoms with E-state index in [1.54, 1.807) is 11.3 Å². The molecular formula is C10H12N4S. The highest BCUT2D eigenvalue weighted by Gasteiger charge is 2.01. The van der Waals surface area contributed by atoms with Crippen LogP contribution in [0.4, 0.5) is 11.5 Å². The zero-order valence-electron chi connectivity index (χ0n) is 8.40. The number of thiazole rings is 1. The average Bonchev–Trinajstić information content (AvgIpc) is 2.72. The minimum Gasteiger partial charge on any atom is -0.396 e. The van der Waals surface area contributed by atoms with Crippen LogP contribution in [0.2, 0.25) is 0 Å². The molecular weight excluding hydrogens is 208 g/mol. The van der Waals surface area contributed by atoms with Gasteiger partial charge in [-0.05, 0) is 19.1 Å². The standard InChI is InChI=1S/C10H12N4S/c1-7-2-3-9(11)10(14-7)13-5-8-4-12-6-15-8/h2-4,6H,5,11H2,1H3,(H,13,14). The predicted octanol–water partition coefficient (Wildman–Crippen LogP) is 2.04. The van der Waals surface area contributed by atoms with E-state index < -0.39 is 0 Å². The van der Waals surface area contributed by atoms with Crippen molar-refractivity contribution in [3.63, 3.8) is 0 Å². The fraction of sp³-hybridized carbons (Fsp3) is 0.200. The Morgan fingerprint density at radius 1 is 1.47 bits per heavy atom. The summed E-state index contributed by atoms with van der Waals surface area (Å²) in [6.07, 6.45) is 1.84. The van der Waals surface area contributed by atoms with Gasteiger partial charge in [-0.25, -0.2) is 4.98 Å². The lowest BCUT2D eigenvalue weighted by molar-refractivity contribution is 1.11. The van der Waals surface area contributed by atoms with Crippen LogP contribution >= 0.6 is 11.3 Å². The Bertz CT molecular complexity index is 439. The third kappa shape index (κ3) is 2.44. The molecule has 0 saturated heterocycles. The highest BCUT2D eigenvalue weighted by Crippen LogP contribution is 2.17. The lowest BCUT2D eigenvalue weighted by atomic mass is 10.3. The molecule has 2 rings (SSSR count). The Balaban J connectivity index is 2.07. The lowest BCUT2D eigenvalue weighted by Crippen LogP contribution is -2.04. The summed E-state index contributed by atoms with van der Waals surface area (Å²) in [5, 5.41) is 3.19. The van der Waals surface area contributed by atoms with Gasteiger partial charge in [0.15, 0.2) is 0 Å². The van der Waals surface area contributed by atoms with Crippen molar-refractivity contribution >= 4 is 22.8 Å². The third-order valence-corrected chi connectivity index (χ3v) is 2.76. The summed E-state index contributed by atoms with van der Waals surface area (Å²) in [5.74, 6) is 0.739. The molecule has 2 aromatic rings. The van der Waals surface area contributed by atoms with Crippen LogP contribution in [0.15, 0.2) is 23.8 Å². The molecule has 0 fully saturated rings. The highest BCUT2D eigenvalue weighted by molar-refractivity contribution is 7.09. The Morgan fingerprint density at radius 2 is 2.33 bits per heavy atom. The van der Waals surface area contributed by atoms with Crippen molar-refractivity contribution in [2.75, 3.05) is 11.1 Å². The van der Waals surface area contributed by atoms with Gasteiger partial charge in [0.25, 0.3) is 0 Å². The van der Waals surface area contributed by atoms with Crippen LogP contribution in [0.3, 0.4) is 0 Å². The molecule has 0 aliphatic carbocycles. The summed E-state index contributed by atoms with van der Waals surface area (Å²) in [7, 11) is 0. The van der Waals surface area contributed by atoms with Gasteiger partial charge in [-0.3, -0.25) is 4.98 Å². The fourth-order valence-corrected chi connectivity index (χ4v) is 1.74. The number of aromatic nitrogens is 2. The molecule has 0 aliphatic heterocycles. The Kier molecular flexibility index (Phi) is 2.82. The van der Waals surface area contributed by atoms with E-state index in [-0.39, 0.29) is 0 Å². The normalized spacial score (nSPS) is 10.2. The predicted molar refractivity (Wildman–Crippen MR) is 62.8 cm³/mol. The van der Waals surface area contributed by atoms with Crippen LogP contribution < -0.4 is 11.1 Å². The molecule has 0 radical (unpaired) electrons. The molecule has 78 valence electrons. The van der Waals surface area contributed by atoms with Crippen LogP contribution in [-0.2, 0) is 6.54 Å². The van der Waals surface area contributed by atoms with Crippen molar-refractivity contribution in [1.82, 2.24) is 9.97 Å². The van der Waals surface area contributed by atoms with Crippen LogP contribution in [-0.4, -0.2) is 9.97 Å². The number of pyridine rings is 1. The zero-order valence-corrected chi connectivity index (χ0v) is 9.21. The molecule has 0 unspecified atom stereocenters. The SMILES string of the molecule is Cc1ccc(N)c(NCc2cncs2)n1. The van der Waals surface area contributed by atoms with Gasteiger partial charge in [-0.1, -0.05) is 0 Å². The molecule has 0 aromatic carbocycles. The van der Waals surface area contributed by atoms with Crippen molar-refractivity contribution in [3.05, 3.63) is 34.4 Å². The molecule has 3 N–H and O–H groups in total.